The van der Waals surface area contributed by atoms with Crippen molar-refractivity contribution >= 4 is 39.7 Å². The second-order valence-corrected chi connectivity index (χ2v) is 6.35. The highest BCUT2D eigenvalue weighted by Crippen LogP contribution is 2.24. The number of aromatic nitrogens is 1. The highest BCUT2D eigenvalue weighted by atomic mass is 35.5. The molecular formula is C17H17ClN2S. The van der Waals surface area contributed by atoms with Crippen molar-refractivity contribution in [3.05, 3.63) is 58.3 Å². The lowest BCUT2D eigenvalue weighted by molar-refractivity contribution is 0.866. The van der Waals surface area contributed by atoms with Crippen LogP contribution in [0.15, 0.2) is 47.8 Å². The van der Waals surface area contributed by atoms with E-state index in [0.29, 0.717) is 5.88 Å². The van der Waals surface area contributed by atoms with E-state index >= 15 is 0 Å². The first-order chi connectivity index (χ1) is 10.3. The SMILES string of the molecule is CN(CCc1cccs1)c1nc2ccccc2cc1CCl. The fraction of sp³-hybridized carbons (Fsp3) is 0.235. The molecule has 0 spiro atoms. The molecule has 0 atom stereocenters. The Balaban J connectivity index is 1.87. The number of likely N-dealkylation sites (N-methyl/N-ethyl adjacent to an activating group) is 1. The van der Waals surface area contributed by atoms with Gasteiger partial charge in [-0.2, -0.15) is 0 Å². The standard InChI is InChI=1S/C17H17ClN2S/c1-20(9-8-15-6-4-10-21-15)17-14(12-18)11-13-5-2-3-7-16(13)19-17/h2-7,10-11H,8-9,12H2,1H3. The fourth-order valence-electron chi connectivity index (χ4n) is 2.42. The Kier molecular flexibility index (Phi) is 4.42. The third-order valence-electron chi connectivity index (χ3n) is 3.56. The first kappa shape index (κ1) is 14.4. The van der Waals surface area contributed by atoms with Gasteiger partial charge in [0.2, 0.25) is 0 Å². The van der Waals surface area contributed by atoms with Crippen molar-refractivity contribution in [2.45, 2.75) is 12.3 Å². The van der Waals surface area contributed by atoms with Gasteiger partial charge in [0.25, 0.3) is 0 Å². The molecular weight excluding hydrogens is 300 g/mol. The van der Waals surface area contributed by atoms with Crippen molar-refractivity contribution in [1.82, 2.24) is 4.98 Å². The number of hydrogen-bond donors (Lipinski definition) is 0. The van der Waals surface area contributed by atoms with Gasteiger partial charge in [-0.1, -0.05) is 24.3 Å². The number of benzene rings is 1. The first-order valence-electron chi connectivity index (χ1n) is 6.96. The van der Waals surface area contributed by atoms with Gasteiger partial charge in [-0.25, -0.2) is 4.98 Å². The predicted molar refractivity (Wildman–Crippen MR) is 92.6 cm³/mol. The lowest BCUT2D eigenvalue weighted by Gasteiger charge is -2.21. The Morgan fingerprint density at radius 2 is 2.05 bits per heavy atom. The summed E-state index contributed by atoms with van der Waals surface area (Å²) >= 11 is 7.91. The van der Waals surface area contributed by atoms with Crippen LogP contribution in [0.25, 0.3) is 10.9 Å². The van der Waals surface area contributed by atoms with E-state index in [1.54, 1.807) is 11.3 Å². The summed E-state index contributed by atoms with van der Waals surface area (Å²) < 4.78 is 0. The summed E-state index contributed by atoms with van der Waals surface area (Å²) in [7, 11) is 2.08. The highest BCUT2D eigenvalue weighted by molar-refractivity contribution is 7.09. The number of alkyl halides is 1. The number of anilines is 1. The summed E-state index contributed by atoms with van der Waals surface area (Å²) in [6, 6.07) is 14.6. The molecule has 0 saturated carbocycles. The quantitative estimate of drug-likeness (QED) is 0.633. The van der Waals surface area contributed by atoms with Gasteiger partial charge in [-0.15, -0.1) is 22.9 Å². The monoisotopic (exact) mass is 316 g/mol. The molecule has 0 aliphatic carbocycles. The van der Waals surface area contributed by atoms with Gasteiger partial charge in [-0.3, -0.25) is 0 Å². The molecule has 4 heteroatoms. The number of thiophene rings is 1. The van der Waals surface area contributed by atoms with Crippen LogP contribution < -0.4 is 4.90 Å². The minimum Gasteiger partial charge on any atom is -0.359 e. The number of halogens is 1. The zero-order chi connectivity index (χ0) is 14.7. The van der Waals surface area contributed by atoms with Crippen LogP contribution in [0.4, 0.5) is 5.82 Å². The maximum Gasteiger partial charge on any atom is 0.133 e. The highest BCUT2D eigenvalue weighted by Gasteiger charge is 2.11. The molecule has 0 amide bonds. The van der Waals surface area contributed by atoms with Crippen molar-refractivity contribution in [3.8, 4) is 0 Å². The summed E-state index contributed by atoms with van der Waals surface area (Å²) in [5.41, 5.74) is 2.10. The number of rotatable bonds is 5. The van der Waals surface area contributed by atoms with Crippen molar-refractivity contribution < 1.29 is 0 Å². The van der Waals surface area contributed by atoms with Crippen LogP contribution in [0.2, 0.25) is 0 Å². The van der Waals surface area contributed by atoms with Crippen LogP contribution in [0.1, 0.15) is 10.4 Å². The van der Waals surface area contributed by atoms with Gasteiger partial charge in [0, 0.05) is 29.4 Å². The van der Waals surface area contributed by atoms with Gasteiger partial charge in [0.05, 0.1) is 11.4 Å². The number of fused-ring (bicyclic) bond motifs is 1. The van der Waals surface area contributed by atoms with Crippen LogP contribution >= 0.6 is 22.9 Å². The maximum atomic E-state index is 6.11. The third-order valence-corrected chi connectivity index (χ3v) is 4.78. The van der Waals surface area contributed by atoms with E-state index < -0.39 is 0 Å². The predicted octanol–water partition coefficient (Wildman–Crippen LogP) is 4.71. The Bertz CT molecular complexity index is 725. The first-order valence-corrected chi connectivity index (χ1v) is 8.37. The van der Waals surface area contributed by atoms with E-state index in [1.807, 2.05) is 18.2 Å². The molecule has 0 radical (unpaired) electrons. The van der Waals surface area contributed by atoms with Crippen LogP contribution in [0.3, 0.4) is 0 Å². The average molecular weight is 317 g/mol. The molecule has 0 fully saturated rings. The summed E-state index contributed by atoms with van der Waals surface area (Å²) in [5.74, 6) is 1.47. The van der Waals surface area contributed by atoms with E-state index in [4.69, 9.17) is 16.6 Å². The molecule has 2 heterocycles. The number of nitrogens with zero attached hydrogens (tertiary/aromatic N) is 2. The Labute approximate surface area is 134 Å². The van der Waals surface area contributed by atoms with Gasteiger partial charge < -0.3 is 4.90 Å². The third kappa shape index (κ3) is 3.20. The van der Waals surface area contributed by atoms with E-state index in [0.717, 1.165) is 35.2 Å². The molecule has 0 aliphatic heterocycles. The number of para-hydroxylation sites is 1. The van der Waals surface area contributed by atoms with E-state index in [-0.39, 0.29) is 0 Å². The molecule has 108 valence electrons. The molecule has 0 aliphatic rings. The van der Waals surface area contributed by atoms with Crippen LogP contribution in [-0.4, -0.2) is 18.6 Å². The van der Waals surface area contributed by atoms with Crippen LogP contribution in [0, 0.1) is 0 Å². The summed E-state index contributed by atoms with van der Waals surface area (Å²) in [5, 5.41) is 3.26. The Morgan fingerprint density at radius 1 is 1.19 bits per heavy atom. The van der Waals surface area contributed by atoms with E-state index in [9.17, 15) is 0 Å². The molecule has 21 heavy (non-hydrogen) atoms. The minimum atomic E-state index is 0.483. The molecule has 3 aromatic rings. The second-order valence-electron chi connectivity index (χ2n) is 5.05. The van der Waals surface area contributed by atoms with Gasteiger partial charge in [0.1, 0.15) is 5.82 Å². The average Bonchev–Trinajstić information content (AvgIpc) is 3.04. The van der Waals surface area contributed by atoms with Crippen molar-refractivity contribution in [2.75, 3.05) is 18.5 Å². The van der Waals surface area contributed by atoms with E-state index in [1.165, 1.54) is 4.88 Å². The van der Waals surface area contributed by atoms with Crippen LogP contribution in [0.5, 0.6) is 0 Å². The summed E-state index contributed by atoms with van der Waals surface area (Å²) in [6.45, 7) is 0.940. The topological polar surface area (TPSA) is 16.1 Å². The molecule has 0 N–H and O–H groups in total. The molecule has 3 rings (SSSR count). The minimum absolute atomic E-state index is 0.483. The second kappa shape index (κ2) is 6.46. The Hall–Kier alpha value is -1.58. The summed E-state index contributed by atoms with van der Waals surface area (Å²) in [4.78, 5) is 8.39. The van der Waals surface area contributed by atoms with Crippen molar-refractivity contribution in [1.29, 1.82) is 0 Å². The normalized spacial score (nSPS) is 11.0. The molecule has 2 nitrogen and oxygen atoms in total. The van der Waals surface area contributed by atoms with E-state index in [2.05, 4.69) is 41.6 Å². The van der Waals surface area contributed by atoms with Crippen molar-refractivity contribution in [2.24, 2.45) is 0 Å². The Morgan fingerprint density at radius 3 is 2.81 bits per heavy atom. The fourth-order valence-corrected chi connectivity index (χ4v) is 3.31. The van der Waals surface area contributed by atoms with Gasteiger partial charge >= 0.3 is 0 Å². The van der Waals surface area contributed by atoms with Gasteiger partial charge in [-0.05, 0) is 30.0 Å². The molecule has 0 bridgehead atoms. The largest absolute Gasteiger partial charge is 0.359 e. The molecule has 0 saturated heterocycles. The summed E-state index contributed by atoms with van der Waals surface area (Å²) in [6.07, 6.45) is 1.03. The van der Waals surface area contributed by atoms with Gasteiger partial charge in [0.15, 0.2) is 0 Å². The lowest BCUT2D eigenvalue weighted by Crippen LogP contribution is -2.22. The maximum absolute atomic E-state index is 6.11. The number of pyridine rings is 1. The molecule has 1 aromatic carbocycles. The smallest absolute Gasteiger partial charge is 0.133 e. The zero-order valence-electron chi connectivity index (χ0n) is 11.9. The molecule has 0 unspecified atom stereocenters. The lowest BCUT2D eigenvalue weighted by atomic mass is 10.1. The number of hydrogen-bond acceptors (Lipinski definition) is 3. The van der Waals surface area contributed by atoms with Crippen LogP contribution in [-0.2, 0) is 12.3 Å². The zero-order valence-corrected chi connectivity index (χ0v) is 13.5. The molecule has 2 aromatic heterocycles. The van der Waals surface area contributed by atoms with Crippen molar-refractivity contribution in [3.63, 3.8) is 0 Å².